The third kappa shape index (κ3) is 3.08. The molecule has 21 heavy (non-hydrogen) atoms. The molecule has 1 aromatic carbocycles. The molecule has 2 heterocycles. The highest BCUT2D eigenvalue weighted by atomic mass is 19.1. The predicted octanol–water partition coefficient (Wildman–Crippen LogP) is 2.49. The van der Waals surface area contributed by atoms with E-state index >= 15 is 0 Å². The monoisotopic (exact) mass is 283 g/mol. The lowest BCUT2D eigenvalue weighted by molar-refractivity contribution is 0.625. The molecule has 0 amide bonds. The van der Waals surface area contributed by atoms with Crippen LogP contribution in [-0.4, -0.2) is 15.9 Å². The fourth-order valence-corrected chi connectivity index (χ4v) is 2.17. The van der Waals surface area contributed by atoms with Crippen LogP contribution in [0.2, 0.25) is 0 Å². The van der Waals surface area contributed by atoms with Gasteiger partial charge in [0.1, 0.15) is 17.3 Å². The summed E-state index contributed by atoms with van der Waals surface area (Å²) in [6.07, 6.45) is 2.34. The zero-order chi connectivity index (χ0) is 14.7. The van der Waals surface area contributed by atoms with Crippen LogP contribution in [0.5, 0.6) is 0 Å². The molecule has 0 aliphatic heterocycles. The van der Waals surface area contributed by atoms with Gasteiger partial charge in [0.15, 0.2) is 0 Å². The van der Waals surface area contributed by atoms with Gasteiger partial charge in [-0.2, -0.15) is 0 Å². The minimum absolute atomic E-state index is 0.131. The number of aromatic nitrogens is 2. The average molecular weight is 283 g/mol. The van der Waals surface area contributed by atoms with Crippen LogP contribution < -0.4 is 10.9 Å². The summed E-state index contributed by atoms with van der Waals surface area (Å²) in [5.74, 6) is 0.289. The van der Waals surface area contributed by atoms with Crippen molar-refractivity contribution in [1.29, 1.82) is 0 Å². The third-order valence-corrected chi connectivity index (χ3v) is 3.18. The fraction of sp³-hybridized carbons (Fsp3) is 0.125. The normalized spacial score (nSPS) is 10.7. The van der Waals surface area contributed by atoms with Gasteiger partial charge < -0.3 is 5.32 Å². The van der Waals surface area contributed by atoms with Crippen molar-refractivity contribution < 1.29 is 4.39 Å². The van der Waals surface area contributed by atoms with Gasteiger partial charge in [0, 0.05) is 18.8 Å². The van der Waals surface area contributed by atoms with Crippen LogP contribution in [0, 0.1) is 5.82 Å². The number of nitrogens with zero attached hydrogens (tertiary/aromatic N) is 2. The smallest absolute Gasteiger partial charge is 0.259 e. The lowest BCUT2D eigenvalue weighted by Gasteiger charge is -2.07. The van der Waals surface area contributed by atoms with Gasteiger partial charge in [-0.05, 0) is 36.2 Å². The molecule has 106 valence electrons. The first-order valence-corrected chi connectivity index (χ1v) is 6.69. The Kier molecular flexibility index (Phi) is 3.64. The number of halogens is 1. The highest BCUT2D eigenvalue weighted by Gasteiger charge is 2.01. The van der Waals surface area contributed by atoms with Crippen LogP contribution in [0.15, 0.2) is 59.5 Å². The third-order valence-electron chi connectivity index (χ3n) is 3.18. The van der Waals surface area contributed by atoms with Crippen LogP contribution in [0.25, 0.3) is 5.65 Å². The van der Waals surface area contributed by atoms with E-state index in [-0.39, 0.29) is 11.4 Å². The first-order valence-electron chi connectivity index (χ1n) is 6.69. The van der Waals surface area contributed by atoms with Crippen LogP contribution in [0.4, 0.5) is 10.2 Å². The summed E-state index contributed by atoms with van der Waals surface area (Å²) in [4.78, 5) is 16.3. The molecule has 0 atom stereocenters. The summed E-state index contributed by atoms with van der Waals surface area (Å²) < 4.78 is 14.6. The first kappa shape index (κ1) is 13.3. The van der Waals surface area contributed by atoms with Crippen molar-refractivity contribution in [3.8, 4) is 0 Å². The molecule has 3 rings (SSSR count). The lowest BCUT2D eigenvalue weighted by atomic mass is 10.1. The van der Waals surface area contributed by atoms with Crippen LogP contribution in [-0.2, 0) is 6.42 Å². The molecule has 3 aromatic rings. The molecule has 2 aromatic heterocycles. The quantitative estimate of drug-likeness (QED) is 0.800. The number of anilines is 1. The van der Waals surface area contributed by atoms with Crippen LogP contribution in [0.1, 0.15) is 5.56 Å². The number of hydrogen-bond acceptors (Lipinski definition) is 3. The number of hydrogen-bond donors (Lipinski definition) is 1. The molecular formula is C16H14FN3O. The van der Waals surface area contributed by atoms with Crippen molar-refractivity contribution in [2.24, 2.45) is 0 Å². The molecule has 0 aliphatic rings. The van der Waals surface area contributed by atoms with E-state index in [9.17, 15) is 9.18 Å². The number of fused-ring (bicyclic) bond motifs is 1. The SMILES string of the molecule is O=c1cc(NCCc2cccc(F)c2)nc2ccccn12. The number of benzene rings is 1. The van der Waals surface area contributed by atoms with E-state index in [1.54, 1.807) is 24.4 Å². The van der Waals surface area contributed by atoms with E-state index in [1.807, 2.05) is 12.1 Å². The van der Waals surface area contributed by atoms with Gasteiger partial charge in [-0.15, -0.1) is 0 Å². The van der Waals surface area contributed by atoms with E-state index in [2.05, 4.69) is 10.3 Å². The summed E-state index contributed by atoms with van der Waals surface area (Å²) in [7, 11) is 0. The maximum Gasteiger partial charge on any atom is 0.259 e. The Morgan fingerprint density at radius 3 is 2.90 bits per heavy atom. The Bertz CT molecular complexity index is 829. The van der Waals surface area contributed by atoms with E-state index in [0.29, 0.717) is 24.4 Å². The van der Waals surface area contributed by atoms with Crippen LogP contribution >= 0.6 is 0 Å². The summed E-state index contributed by atoms with van der Waals surface area (Å²) in [5, 5.41) is 3.10. The Balaban J connectivity index is 1.72. The zero-order valence-corrected chi connectivity index (χ0v) is 11.3. The van der Waals surface area contributed by atoms with Gasteiger partial charge in [0.25, 0.3) is 5.56 Å². The van der Waals surface area contributed by atoms with Crippen molar-refractivity contribution in [1.82, 2.24) is 9.38 Å². The van der Waals surface area contributed by atoms with Crippen molar-refractivity contribution in [2.45, 2.75) is 6.42 Å². The Hall–Kier alpha value is -2.69. The summed E-state index contributed by atoms with van der Waals surface area (Å²) in [6, 6.07) is 13.3. The molecule has 0 saturated heterocycles. The second-order valence-electron chi connectivity index (χ2n) is 4.72. The van der Waals surface area contributed by atoms with Gasteiger partial charge in [-0.25, -0.2) is 9.37 Å². The zero-order valence-electron chi connectivity index (χ0n) is 11.3. The number of rotatable bonds is 4. The Labute approximate surface area is 120 Å². The molecule has 4 nitrogen and oxygen atoms in total. The van der Waals surface area contributed by atoms with Crippen molar-refractivity contribution in [3.63, 3.8) is 0 Å². The van der Waals surface area contributed by atoms with E-state index in [0.717, 1.165) is 5.56 Å². The van der Waals surface area contributed by atoms with Gasteiger partial charge in [0.2, 0.25) is 0 Å². The highest BCUT2D eigenvalue weighted by molar-refractivity contribution is 5.46. The fourth-order valence-electron chi connectivity index (χ4n) is 2.17. The standard InChI is InChI=1S/C16H14FN3O/c17-13-5-3-4-12(10-13)7-8-18-14-11-16(21)20-9-2-1-6-15(20)19-14/h1-6,9-11,18H,7-8H2. The molecule has 1 N–H and O–H groups in total. The molecule has 0 aliphatic carbocycles. The molecule has 5 heteroatoms. The average Bonchev–Trinajstić information content (AvgIpc) is 2.47. The van der Waals surface area contributed by atoms with Gasteiger partial charge in [0.05, 0.1) is 0 Å². The second-order valence-corrected chi connectivity index (χ2v) is 4.72. The summed E-state index contributed by atoms with van der Waals surface area (Å²) in [6.45, 7) is 0.582. The maximum atomic E-state index is 13.1. The first-order chi connectivity index (χ1) is 10.2. The molecule has 0 bridgehead atoms. The Morgan fingerprint density at radius 2 is 2.05 bits per heavy atom. The van der Waals surface area contributed by atoms with Crippen molar-refractivity contribution >= 4 is 11.5 Å². The molecule has 0 unspecified atom stereocenters. The van der Waals surface area contributed by atoms with Crippen LogP contribution in [0.3, 0.4) is 0 Å². The summed E-state index contributed by atoms with van der Waals surface area (Å²) >= 11 is 0. The van der Waals surface area contributed by atoms with Gasteiger partial charge in [-0.1, -0.05) is 18.2 Å². The minimum Gasteiger partial charge on any atom is -0.370 e. The van der Waals surface area contributed by atoms with Gasteiger partial charge in [-0.3, -0.25) is 9.20 Å². The van der Waals surface area contributed by atoms with Gasteiger partial charge >= 0.3 is 0 Å². The number of pyridine rings is 1. The molecule has 0 radical (unpaired) electrons. The second kappa shape index (κ2) is 5.75. The maximum absolute atomic E-state index is 13.1. The largest absolute Gasteiger partial charge is 0.370 e. The molecule has 0 saturated carbocycles. The number of nitrogens with one attached hydrogen (secondary N) is 1. The molecule has 0 fully saturated rings. The lowest BCUT2D eigenvalue weighted by Crippen LogP contribution is -2.16. The predicted molar refractivity (Wildman–Crippen MR) is 80.1 cm³/mol. The summed E-state index contributed by atoms with van der Waals surface area (Å²) in [5.41, 5.74) is 1.37. The topological polar surface area (TPSA) is 46.4 Å². The minimum atomic E-state index is -0.241. The van der Waals surface area contributed by atoms with Crippen molar-refractivity contribution in [3.05, 3.63) is 76.5 Å². The highest BCUT2D eigenvalue weighted by Crippen LogP contribution is 2.06. The van der Waals surface area contributed by atoms with Crippen molar-refractivity contribution in [2.75, 3.05) is 11.9 Å². The van der Waals surface area contributed by atoms with E-state index < -0.39 is 0 Å². The molecular weight excluding hydrogens is 269 g/mol. The Morgan fingerprint density at radius 1 is 1.14 bits per heavy atom. The molecule has 0 spiro atoms. The van der Waals surface area contributed by atoms with E-state index in [4.69, 9.17) is 0 Å². The van der Waals surface area contributed by atoms with E-state index in [1.165, 1.54) is 22.6 Å².